The number of hydrogen-bond donors (Lipinski definition) is 0. The van der Waals surface area contributed by atoms with Crippen molar-refractivity contribution in [2.75, 3.05) is 4.90 Å². The number of fused-ring (bicyclic) bond motifs is 7. The van der Waals surface area contributed by atoms with Crippen LogP contribution in [0.3, 0.4) is 0 Å². The summed E-state index contributed by atoms with van der Waals surface area (Å²) in [6.07, 6.45) is 0. The van der Waals surface area contributed by atoms with E-state index in [9.17, 15) is 0 Å². The Morgan fingerprint density at radius 2 is 1.04 bits per heavy atom. The molecular formula is C52H33NOS. The molecule has 2 heterocycles. The van der Waals surface area contributed by atoms with Gasteiger partial charge in [-0.15, -0.1) is 11.3 Å². The average Bonchev–Trinajstić information content (AvgIpc) is 3.83. The fraction of sp³-hybridized carbons (Fsp3) is 0. The van der Waals surface area contributed by atoms with Crippen LogP contribution in [0, 0.1) is 0 Å². The van der Waals surface area contributed by atoms with Crippen molar-refractivity contribution in [2.45, 2.75) is 0 Å². The summed E-state index contributed by atoms with van der Waals surface area (Å²) < 4.78 is 9.41. The van der Waals surface area contributed by atoms with E-state index in [2.05, 4.69) is 199 Å². The Labute approximate surface area is 322 Å². The first-order valence-electron chi connectivity index (χ1n) is 18.7. The minimum Gasteiger partial charge on any atom is -0.454 e. The van der Waals surface area contributed by atoms with Gasteiger partial charge >= 0.3 is 0 Å². The zero-order valence-electron chi connectivity index (χ0n) is 29.8. The van der Waals surface area contributed by atoms with Gasteiger partial charge in [0.1, 0.15) is 5.58 Å². The number of para-hydroxylation sites is 1. The summed E-state index contributed by atoms with van der Waals surface area (Å²) in [5, 5.41) is 7.21. The summed E-state index contributed by atoms with van der Waals surface area (Å²) in [5.74, 6) is 0. The third-order valence-electron chi connectivity index (χ3n) is 10.9. The maximum absolute atomic E-state index is 6.88. The Bertz CT molecular complexity index is 3190. The second-order valence-electron chi connectivity index (χ2n) is 14.1. The monoisotopic (exact) mass is 719 g/mol. The molecule has 2 aromatic heterocycles. The maximum Gasteiger partial charge on any atom is 0.160 e. The molecule has 11 rings (SSSR count). The van der Waals surface area contributed by atoms with Crippen LogP contribution in [0.4, 0.5) is 17.1 Å². The van der Waals surface area contributed by atoms with E-state index in [4.69, 9.17) is 4.42 Å². The van der Waals surface area contributed by atoms with Crippen molar-refractivity contribution in [3.63, 3.8) is 0 Å². The number of furan rings is 1. The molecule has 258 valence electrons. The summed E-state index contributed by atoms with van der Waals surface area (Å²) in [5.41, 5.74) is 12.0. The highest BCUT2D eigenvalue weighted by Gasteiger charge is 2.26. The van der Waals surface area contributed by atoms with Crippen LogP contribution in [0.1, 0.15) is 0 Å². The second kappa shape index (κ2) is 12.9. The van der Waals surface area contributed by atoms with Gasteiger partial charge in [0.15, 0.2) is 5.58 Å². The largest absolute Gasteiger partial charge is 0.454 e. The molecule has 0 bridgehead atoms. The van der Waals surface area contributed by atoms with E-state index in [1.165, 1.54) is 47.6 Å². The summed E-state index contributed by atoms with van der Waals surface area (Å²) >= 11 is 1.84. The zero-order chi connectivity index (χ0) is 36.3. The van der Waals surface area contributed by atoms with E-state index in [0.29, 0.717) is 0 Å². The predicted molar refractivity (Wildman–Crippen MR) is 235 cm³/mol. The minimum absolute atomic E-state index is 0.868. The van der Waals surface area contributed by atoms with Gasteiger partial charge in [-0.05, 0) is 87.1 Å². The highest BCUT2D eigenvalue weighted by atomic mass is 32.1. The third-order valence-corrected chi connectivity index (χ3v) is 12.0. The molecule has 0 radical (unpaired) electrons. The first-order chi connectivity index (χ1) is 27.3. The molecule has 0 unspecified atom stereocenters. The van der Waals surface area contributed by atoms with E-state index >= 15 is 0 Å². The van der Waals surface area contributed by atoms with Crippen molar-refractivity contribution in [3.05, 3.63) is 200 Å². The molecule has 0 aliphatic rings. The van der Waals surface area contributed by atoms with Gasteiger partial charge in [-0.3, -0.25) is 0 Å². The summed E-state index contributed by atoms with van der Waals surface area (Å²) in [6, 6.07) is 72.1. The lowest BCUT2D eigenvalue weighted by atomic mass is 9.97. The molecule has 0 atom stereocenters. The molecule has 0 aliphatic carbocycles. The van der Waals surface area contributed by atoms with Crippen molar-refractivity contribution in [1.29, 1.82) is 0 Å². The molecule has 0 saturated carbocycles. The van der Waals surface area contributed by atoms with Crippen LogP contribution in [0.5, 0.6) is 0 Å². The second-order valence-corrected chi connectivity index (χ2v) is 15.2. The van der Waals surface area contributed by atoms with Crippen molar-refractivity contribution >= 4 is 81.3 Å². The fourth-order valence-corrected chi connectivity index (χ4v) is 9.33. The van der Waals surface area contributed by atoms with E-state index in [1.807, 2.05) is 17.4 Å². The lowest BCUT2D eigenvalue weighted by Gasteiger charge is -2.29. The van der Waals surface area contributed by atoms with Crippen molar-refractivity contribution < 1.29 is 4.42 Å². The van der Waals surface area contributed by atoms with E-state index in [1.54, 1.807) is 0 Å². The molecule has 0 N–H and O–H groups in total. The summed E-state index contributed by atoms with van der Waals surface area (Å²) in [6.45, 7) is 0. The first kappa shape index (κ1) is 31.6. The van der Waals surface area contributed by atoms with Crippen molar-refractivity contribution in [3.8, 4) is 33.4 Å². The average molecular weight is 720 g/mol. The standard InChI is InChI=1S/C52H33NOS/c1-2-12-38(13-3-1)42-31-32-44-43-15-6-8-18-47(43)54-52(44)51(42)53(46-17-10-20-49-50(46)45-16-7-9-19-48(45)55-49)41-29-27-36(28-30-41)35-21-23-37(24-22-35)40-26-25-34-11-4-5-14-39(34)33-40/h1-33H. The molecular weight excluding hydrogens is 687 g/mol. The van der Waals surface area contributed by atoms with E-state index in [-0.39, 0.29) is 0 Å². The van der Waals surface area contributed by atoms with Gasteiger partial charge in [0.25, 0.3) is 0 Å². The molecule has 55 heavy (non-hydrogen) atoms. The first-order valence-corrected chi connectivity index (χ1v) is 19.5. The van der Waals surface area contributed by atoms with Gasteiger partial charge in [0.2, 0.25) is 0 Å². The van der Waals surface area contributed by atoms with E-state index < -0.39 is 0 Å². The molecule has 0 aliphatic heterocycles. The molecule has 0 amide bonds. The molecule has 11 aromatic rings. The molecule has 0 saturated heterocycles. The number of thiophene rings is 1. The van der Waals surface area contributed by atoms with Gasteiger partial charge in [-0.25, -0.2) is 0 Å². The maximum atomic E-state index is 6.88. The molecule has 0 fully saturated rings. The van der Waals surface area contributed by atoms with Gasteiger partial charge < -0.3 is 9.32 Å². The predicted octanol–water partition coefficient (Wildman–Crippen LogP) is 15.6. The van der Waals surface area contributed by atoms with Gasteiger partial charge in [-0.2, -0.15) is 0 Å². The smallest absolute Gasteiger partial charge is 0.160 e. The van der Waals surface area contributed by atoms with Crippen molar-refractivity contribution in [2.24, 2.45) is 0 Å². The molecule has 0 spiro atoms. The molecule has 2 nitrogen and oxygen atoms in total. The van der Waals surface area contributed by atoms with Crippen LogP contribution >= 0.6 is 11.3 Å². The van der Waals surface area contributed by atoms with Gasteiger partial charge in [0, 0.05) is 42.2 Å². The summed E-state index contributed by atoms with van der Waals surface area (Å²) in [7, 11) is 0. The lowest BCUT2D eigenvalue weighted by molar-refractivity contribution is 0.669. The van der Waals surface area contributed by atoms with Crippen LogP contribution in [0.25, 0.3) is 86.3 Å². The quantitative estimate of drug-likeness (QED) is 0.170. The summed E-state index contributed by atoms with van der Waals surface area (Å²) in [4.78, 5) is 2.43. The number of rotatable bonds is 6. The highest BCUT2D eigenvalue weighted by Crippen LogP contribution is 2.51. The zero-order valence-corrected chi connectivity index (χ0v) is 30.6. The van der Waals surface area contributed by atoms with Crippen LogP contribution in [0.2, 0.25) is 0 Å². The Morgan fingerprint density at radius 3 is 1.85 bits per heavy atom. The minimum atomic E-state index is 0.868. The molecule has 3 heteroatoms. The highest BCUT2D eigenvalue weighted by molar-refractivity contribution is 7.26. The fourth-order valence-electron chi connectivity index (χ4n) is 8.21. The number of hydrogen-bond acceptors (Lipinski definition) is 3. The van der Waals surface area contributed by atoms with Crippen LogP contribution < -0.4 is 4.90 Å². The van der Waals surface area contributed by atoms with Gasteiger partial charge in [0.05, 0.1) is 11.4 Å². The van der Waals surface area contributed by atoms with E-state index in [0.717, 1.165) is 55.7 Å². The number of benzene rings is 9. The molecule has 9 aromatic carbocycles. The Kier molecular flexibility index (Phi) is 7.39. The Balaban J connectivity index is 1.10. The van der Waals surface area contributed by atoms with Crippen LogP contribution in [-0.4, -0.2) is 0 Å². The van der Waals surface area contributed by atoms with Crippen LogP contribution in [0.15, 0.2) is 205 Å². The van der Waals surface area contributed by atoms with Gasteiger partial charge in [-0.1, -0.05) is 152 Å². The van der Waals surface area contributed by atoms with Crippen molar-refractivity contribution in [1.82, 2.24) is 0 Å². The normalized spacial score (nSPS) is 11.6. The lowest BCUT2D eigenvalue weighted by Crippen LogP contribution is -2.12. The van der Waals surface area contributed by atoms with Crippen LogP contribution in [-0.2, 0) is 0 Å². The Hall–Kier alpha value is -6.94. The third kappa shape index (κ3) is 5.32. The Morgan fingerprint density at radius 1 is 0.400 bits per heavy atom. The SMILES string of the molecule is c1ccc(-c2ccc3c(oc4ccccc43)c2N(c2ccc(-c3ccc(-c4ccc5ccccc5c4)cc3)cc2)c2cccc3sc4ccccc4c23)cc1. The topological polar surface area (TPSA) is 16.4 Å². The number of nitrogens with zero attached hydrogens (tertiary/aromatic N) is 1. The number of anilines is 3.